The Bertz CT molecular complexity index is 197. The molecule has 1 rings (SSSR count). The highest BCUT2D eigenvalue weighted by Gasteiger charge is 2.42. The van der Waals surface area contributed by atoms with Crippen molar-refractivity contribution in [2.45, 2.75) is 52.1 Å². The molecule has 1 saturated heterocycles. The van der Waals surface area contributed by atoms with Crippen LogP contribution in [0.1, 0.15) is 39.5 Å². The first-order valence-corrected chi connectivity index (χ1v) is 6.21. The summed E-state index contributed by atoms with van der Waals surface area (Å²) in [7, 11) is 0. The van der Waals surface area contributed by atoms with Crippen LogP contribution in [0.2, 0.25) is 0 Å². The quantitative estimate of drug-likeness (QED) is 0.733. The average molecular weight is 235 g/mol. The maximum atomic E-state index is 12.2. The van der Waals surface area contributed by atoms with E-state index in [1.165, 1.54) is 12.8 Å². The molecule has 1 unspecified atom stereocenters. The molecule has 0 amide bonds. The summed E-state index contributed by atoms with van der Waals surface area (Å²) >= 11 is 0. The Morgan fingerprint density at radius 1 is 1.19 bits per heavy atom. The largest absolute Gasteiger partial charge is 0.386 e. The van der Waals surface area contributed by atoms with Gasteiger partial charge in [0.1, 0.15) is 6.10 Å². The number of halogens is 2. The second-order valence-electron chi connectivity index (χ2n) is 5.07. The van der Waals surface area contributed by atoms with Gasteiger partial charge < -0.3 is 5.11 Å². The van der Waals surface area contributed by atoms with E-state index in [0.29, 0.717) is 5.41 Å². The number of rotatable bonds is 7. The molecule has 1 N–H and O–H groups in total. The molecule has 96 valence electrons. The van der Waals surface area contributed by atoms with Crippen LogP contribution in [0, 0.1) is 5.41 Å². The fourth-order valence-corrected chi connectivity index (χ4v) is 2.88. The summed E-state index contributed by atoms with van der Waals surface area (Å²) in [5.41, 5.74) is 0.339. The summed E-state index contributed by atoms with van der Waals surface area (Å²) in [6.07, 6.45) is 0.523. The summed E-state index contributed by atoms with van der Waals surface area (Å²) in [5, 5.41) is 9.10. The van der Waals surface area contributed by atoms with Crippen molar-refractivity contribution in [2.24, 2.45) is 5.41 Å². The lowest BCUT2D eigenvalue weighted by molar-refractivity contribution is -0.0758. The van der Waals surface area contributed by atoms with E-state index < -0.39 is 12.5 Å². The molecule has 0 radical (unpaired) electrons. The molecule has 0 aliphatic carbocycles. The fraction of sp³-hybridized carbons (Fsp3) is 1.00. The normalized spacial score (nSPS) is 22.1. The Morgan fingerprint density at radius 3 is 2.06 bits per heavy atom. The fourth-order valence-electron chi connectivity index (χ4n) is 2.88. The lowest BCUT2D eigenvalue weighted by Gasteiger charge is -2.51. The number of alkyl halides is 2. The second-order valence-corrected chi connectivity index (χ2v) is 5.07. The highest BCUT2D eigenvalue weighted by Crippen LogP contribution is 2.39. The molecule has 1 aliphatic rings. The van der Waals surface area contributed by atoms with Crippen molar-refractivity contribution in [1.29, 1.82) is 0 Å². The third kappa shape index (κ3) is 3.39. The molecule has 0 saturated carbocycles. The number of hydrogen-bond acceptors (Lipinski definition) is 2. The highest BCUT2D eigenvalue weighted by molar-refractivity contribution is 4.94. The van der Waals surface area contributed by atoms with Crippen molar-refractivity contribution in [3.8, 4) is 0 Å². The SMILES string of the molecule is CCCC1(CCC)CN(CC(O)C(F)F)C1. The molecule has 1 heterocycles. The number of β-amino-alcohol motifs (C(OH)–C–C–N with tert-alkyl or cyclic N) is 1. The molecular formula is C12H23F2NO. The summed E-state index contributed by atoms with van der Waals surface area (Å²) < 4.78 is 24.3. The van der Waals surface area contributed by atoms with Crippen molar-refractivity contribution in [1.82, 2.24) is 4.90 Å². The van der Waals surface area contributed by atoms with Gasteiger partial charge in [0.05, 0.1) is 0 Å². The smallest absolute Gasteiger partial charge is 0.265 e. The van der Waals surface area contributed by atoms with E-state index in [2.05, 4.69) is 13.8 Å². The van der Waals surface area contributed by atoms with Gasteiger partial charge in [-0.1, -0.05) is 26.7 Å². The minimum Gasteiger partial charge on any atom is -0.386 e. The summed E-state index contributed by atoms with van der Waals surface area (Å²) in [6.45, 7) is 6.19. The Morgan fingerprint density at radius 2 is 1.69 bits per heavy atom. The Hall–Kier alpha value is -0.220. The minimum atomic E-state index is -2.62. The summed E-state index contributed by atoms with van der Waals surface area (Å²) in [6, 6.07) is 0. The van der Waals surface area contributed by atoms with Gasteiger partial charge in [0.15, 0.2) is 0 Å². The van der Waals surface area contributed by atoms with E-state index in [9.17, 15) is 8.78 Å². The van der Waals surface area contributed by atoms with E-state index in [0.717, 1.165) is 25.9 Å². The lowest BCUT2D eigenvalue weighted by Crippen LogP contribution is -2.58. The van der Waals surface area contributed by atoms with Gasteiger partial charge in [-0.25, -0.2) is 8.78 Å². The van der Waals surface area contributed by atoms with E-state index >= 15 is 0 Å². The van der Waals surface area contributed by atoms with Crippen LogP contribution < -0.4 is 0 Å². The van der Waals surface area contributed by atoms with Crippen LogP contribution >= 0.6 is 0 Å². The van der Waals surface area contributed by atoms with Gasteiger partial charge in [0.25, 0.3) is 6.43 Å². The standard InChI is InChI=1S/C12H23F2NO/c1-3-5-12(6-4-2)8-15(9-12)7-10(16)11(13)14/h10-11,16H,3-9H2,1-2H3. The van der Waals surface area contributed by atoms with Crippen LogP contribution in [0.4, 0.5) is 8.78 Å². The van der Waals surface area contributed by atoms with Crippen LogP contribution in [-0.4, -0.2) is 42.2 Å². The van der Waals surface area contributed by atoms with Gasteiger partial charge in [-0.15, -0.1) is 0 Å². The van der Waals surface area contributed by atoms with Crippen LogP contribution in [-0.2, 0) is 0 Å². The van der Waals surface area contributed by atoms with E-state index in [1.807, 2.05) is 4.90 Å². The topological polar surface area (TPSA) is 23.5 Å². The highest BCUT2D eigenvalue weighted by atomic mass is 19.3. The van der Waals surface area contributed by atoms with Crippen molar-refractivity contribution >= 4 is 0 Å². The maximum Gasteiger partial charge on any atom is 0.265 e. The third-order valence-corrected chi connectivity index (χ3v) is 3.41. The molecule has 0 bridgehead atoms. The van der Waals surface area contributed by atoms with E-state index in [-0.39, 0.29) is 6.54 Å². The molecule has 2 nitrogen and oxygen atoms in total. The number of likely N-dealkylation sites (tertiary alicyclic amines) is 1. The van der Waals surface area contributed by atoms with Gasteiger partial charge in [0.2, 0.25) is 0 Å². The molecule has 1 fully saturated rings. The third-order valence-electron chi connectivity index (χ3n) is 3.41. The zero-order valence-electron chi connectivity index (χ0n) is 10.3. The lowest BCUT2D eigenvalue weighted by atomic mass is 9.72. The van der Waals surface area contributed by atoms with Crippen LogP contribution in [0.3, 0.4) is 0 Å². The van der Waals surface area contributed by atoms with E-state index in [4.69, 9.17) is 5.11 Å². The Kier molecular flexibility index (Phi) is 5.12. The van der Waals surface area contributed by atoms with Gasteiger partial charge in [0, 0.05) is 19.6 Å². The second kappa shape index (κ2) is 5.92. The first kappa shape index (κ1) is 13.8. The first-order chi connectivity index (χ1) is 7.53. The van der Waals surface area contributed by atoms with Crippen LogP contribution in [0.15, 0.2) is 0 Å². The average Bonchev–Trinajstić information content (AvgIpc) is 2.15. The zero-order valence-corrected chi connectivity index (χ0v) is 10.3. The van der Waals surface area contributed by atoms with Crippen molar-refractivity contribution in [2.75, 3.05) is 19.6 Å². The predicted octanol–water partition coefficient (Wildman–Crippen LogP) is 2.51. The van der Waals surface area contributed by atoms with Crippen LogP contribution in [0.5, 0.6) is 0 Å². The Labute approximate surface area is 96.6 Å². The van der Waals surface area contributed by atoms with E-state index in [1.54, 1.807) is 0 Å². The zero-order chi connectivity index (χ0) is 12.2. The van der Waals surface area contributed by atoms with Gasteiger partial charge in [-0.05, 0) is 18.3 Å². The molecule has 0 aromatic heterocycles. The molecular weight excluding hydrogens is 212 g/mol. The molecule has 1 aliphatic heterocycles. The van der Waals surface area contributed by atoms with Crippen molar-refractivity contribution < 1.29 is 13.9 Å². The number of aliphatic hydroxyl groups excluding tert-OH is 1. The minimum absolute atomic E-state index is 0.118. The van der Waals surface area contributed by atoms with Gasteiger partial charge in [-0.2, -0.15) is 0 Å². The van der Waals surface area contributed by atoms with Gasteiger partial charge >= 0.3 is 0 Å². The summed E-state index contributed by atoms with van der Waals surface area (Å²) in [5.74, 6) is 0. The molecule has 0 aromatic rings. The molecule has 0 spiro atoms. The maximum absolute atomic E-state index is 12.2. The molecule has 0 aromatic carbocycles. The molecule has 16 heavy (non-hydrogen) atoms. The number of aliphatic hydroxyl groups is 1. The summed E-state index contributed by atoms with van der Waals surface area (Å²) in [4.78, 5) is 1.95. The predicted molar refractivity (Wildman–Crippen MR) is 60.7 cm³/mol. The number of hydrogen-bond donors (Lipinski definition) is 1. The molecule has 1 atom stereocenters. The monoisotopic (exact) mass is 235 g/mol. The van der Waals surface area contributed by atoms with Gasteiger partial charge in [-0.3, -0.25) is 4.90 Å². The van der Waals surface area contributed by atoms with Crippen molar-refractivity contribution in [3.05, 3.63) is 0 Å². The van der Waals surface area contributed by atoms with Crippen LogP contribution in [0.25, 0.3) is 0 Å². The van der Waals surface area contributed by atoms with Crippen molar-refractivity contribution in [3.63, 3.8) is 0 Å². The molecule has 4 heteroatoms. The number of nitrogens with zero attached hydrogens (tertiary/aromatic N) is 1. The first-order valence-electron chi connectivity index (χ1n) is 6.21. The Balaban J connectivity index is 2.32.